The Bertz CT molecular complexity index is 834. The molecule has 2 aromatic rings. The predicted molar refractivity (Wildman–Crippen MR) is 92.4 cm³/mol. The van der Waals surface area contributed by atoms with Gasteiger partial charge in [0.15, 0.2) is 12.4 Å². The first-order chi connectivity index (χ1) is 12.7. The average molecular weight is 375 g/mol. The minimum Gasteiger partial charge on any atom is -0.482 e. The number of tetrazole rings is 1. The fourth-order valence-electron chi connectivity index (χ4n) is 2.87. The second-order valence-corrected chi connectivity index (χ2v) is 6.98. The molecule has 1 amide bonds. The molecule has 0 spiro atoms. The van der Waals surface area contributed by atoms with Gasteiger partial charge in [0.05, 0.1) is 24.1 Å². The number of thioether (sulfide) groups is 1. The van der Waals surface area contributed by atoms with Gasteiger partial charge in [-0.2, -0.15) is 0 Å². The zero-order chi connectivity index (χ0) is 17.9. The Morgan fingerprint density at radius 3 is 3.19 bits per heavy atom. The summed E-state index contributed by atoms with van der Waals surface area (Å²) in [6.45, 7) is 1.35. The predicted octanol–water partition coefficient (Wildman–Crippen LogP) is 1.16. The number of rotatable bonds is 6. The highest BCUT2D eigenvalue weighted by Gasteiger charge is 2.21. The number of amides is 1. The Balaban J connectivity index is 1.39. The number of nitrogens with one attached hydrogen (secondary N) is 1. The summed E-state index contributed by atoms with van der Waals surface area (Å²) in [6.07, 6.45) is 2.16. The summed E-state index contributed by atoms with van der Waals surface area (Å²) in [6, 6.07) is 5.01. The van der Waals surface area contributed by atoms with E-state index in [0.717, 1.165) is 19.4 Å². The van der Waals surface area contributed by atoms with E-state index in [1.54, 1.807) is 22.9 Å². The minimum atomic E-state index is -0.232. The van der Waals surface area contributed by atoms with Crippen LogP contribution in [0.25, 0.3) is 0 Å². The second kappa shape index (κ2) is 7.42. The fourth-order valence-corrected chi connectivity index (χ4v) is 3.65. The molecule has 1 saturated heterocycles. The van der Waals surface area contributed by atoms with Crippen molar-refractivity contribution in [2.24, 2.45) is 0 Å². The van der Waals surface area contributed by atoms with Crippen LogP contribution in [0.4, 0.5) is 5.69 Å². The van der Waals surface area contributed by atoms with E-state index in [1.807, 2.05) is 0 Å². The number of hydrogen-bond acceptors (Lipinski definition) is 8. The lowest BCUT2D eigenvalue weighted by Gasteiger charge is -2.18. The van der Waals surface area contributed by atoms with Crippen LogP contribution in [0.2, 0.25) is 0 Å². The first kappa shape index (κ1) is 17.0. The number of carbonyl (C=O) groups is 2. The molecular weight excluding hydrogens is 358 g/mol. The number of carbonyl (C=O) groups excluding carboxylic acids is 2. The molecule has 2 aliphatic rings. The molecule has 1 atom stereocenters. The van der Waals surface area contributed by atoms with Crippen LogP contribution in [-0.2, 0) is 16.1 Å². The molecule has 3 heterocycles. The van der Waals surface area contributed by atoms with Crippen molar-refractivity contribution in [3.8, 4) is 5.75 Å². The Kier molecular flexibility index (Phi) is 4.85. The Hall–Kier alpha value is -2.46. The molecule has 26 heavy (non-hydrogen) atoms. The number of ether oxygens (including phenoxy) is 2. The van der Waals surface area contributed by atoms with Crippen LogP contribution >= 0.6 is 11.8 Å². The average Bonchev–Trinajstić information content (AvgIpc) is 3.31. The van der Waals surface area contributed by atoms with Crippen molar-refractivity contribution < 1.29 is 19.1 Å². The molecule has 1 unspecified atom stereocenters. The maximum atomic E-state index is 12.5. The van der Waals surface area contributed by atoms with Crippen LogP contribution in [-0.4, -0.2) is 57.0 Å². The molecule has 9 nitrogen and oxygen atoms in total. The van der Waals surface area contributed by atoms with Gasteiger partial charge in [-0.1, -0.05) is 11.8 Å². The molecule has 10 heteroatoms. The number of hydrogen-bond donors (Lipinski definition) is 1. The molecule has 4 rings (SSSR count). The van der Waals surface area contributed by atoms with Gasteiger partial charge in [-0.05, 0) is 41.5 Å². The van der Waals surface area contributed by atoms with Gasteiger partial charge in [-0.15, -0.1) is 5.10 Å². The lowest BCUT2D eigenvalue weighted by Crippen LogP contribution is -2.25. The van der Waals surface area contributed by atoms with Gasteiger partial charge < -0.3 is 14.8 Å². The normalized spacial score (nSPS) is 18.9. The van der Waals surface area contributed by atoms with Crippen LogP contribution in [0.5, 0.6) is 5.75 Å². The van der Waals surface area contributed by atoms with Crippen molar-refractivity contribution in [2.45, 2.75) is 30.6 Å². The van der Waals surface area contributed by atoms with E-state index in [4.69, 9.17) is 9.47 Å². The second-order valence-electron chi connectivity index (χ2n) is 6.04. The topological polar surface area (TPSA) is 108 Å². The van der Waals surface area contributed by atoms with E-state index in [0.29, 0.717) is 28.7 Å². The van der Waals surface area contributed by atoms with E-state index in [9.17, 15) is 9.59 Å². The Morgan fingerprint density at radius 2 is 2.35 bits per heavy atom. The fraction of sp³-hybridized carbons (Fsp3) is 0.438. The summed E-state index contributed by atoms with van der Waals surface area (Å²) in [7, 11) is 0. The zero-order valence-corrected chi connectivity index (χ0v) is 14.7. The van der Waals surface area contributed by atoms with Crippen molar-refractivity contribution in [2.75, 3.05) is 24.3 Å². The van der Waals surface area contributed by atoms with Crippen molar-refractivity contribution >= 4 is 29.1 Å². The van der Waals surface area contributed by atoms with Crippen molar-refractivity contribution in [3.63, 3.8) is 0 Å². The lowest BCUT2D eigenvalue weighted by atomic mass is 10.1. The third-order valence-electron chi connectivity index (χ3n) is 4.17. The lowest BCUT2D eigenvalue weighted by molar-refractivity contribution is -0.118. The number of ketones is 1. The van der Waals surface area contributed by atoms with E-state index in [-0.39, 0.29) is 30.2 Å². The van der Waals surface area contributed by atoms with Crippen LogP contribution in [0.3, 0.4) is 0 Å². The monoisotopic (exact) mass is 375 g/mol. The zero-order valence-electron chi connectivity index (χ0n) is 13.9. The SMILES string of the molecule is O=C1COc2ccc(C(=O)CSc3nnnn3CC3CCCO3)cc2N1. The molecule has 0 saturated carbocycles. The van der Waals surface area contributed by atoms with Crippen LogP contribution < -0.4 is 10.1 Å². The molecule has 1 aromatic heterocycles. The summed E-state index contributed by atoms with van der Waals surface area (Å²) in [4.78, 5) is 23.9. The van der Waals surface area contributed by atoms with Crippen molar-refractivity contribution in [1.29, 1.82) is 0 Å². The summed E-state index contributed by atoms with van der Waals surface area (Å²) >= 11 is 1.28. The van der Waals surface area contributed by atoms with Gasteiger partial charge in [0.2, 0.25) is 5.16 Å². The summed E-state index contributed by atoms with van der Waals surface area (Å²) in [5.74, 6) is 0.447. The highest BCUT2D eigenvalue weighted by atomic mass is 32.2. The number of fused-ring (bicyclic) bond motifs is 1. The van der Waals surface area contributed by atoms with Gasteiger partial charge in [-0.25, -0.2) is 4.68 Å². The third kappa shape index (κ3) is 3.70. The van der Waals surface area contributed by atoms with Gasteiger partial charge in [0.1, 0.15) is 5.75 Å². The van der Waals surface area contributed by atoms with E-state index < -0.39 is 0 Å². The first-order valence-corrected chi connectivity index (χ1v) is 9.28. The molecule has 1 N–H and O–H groups in total. The molecule has 1 fully saturated rings. The largest absolute Gasteiger partial charge is 0.482 e. The van der Waals surface area contributed by atoms with Crippen LogP contribution in [0.1, 0.15) is 23.2 Å². The molecule has 136 valence electrons. The first-order valence-electron chi connectivity index (χ1n) is 8.29. The van der Waals surface area contributed by atoms with Gasteiger partial charge >= 0.3 is 0 Å². The summed E-state index contributed by atoms with van der Waals surface area (Å²) in [5.41, 5.74) is 1.01. The van der Waals surface area contributed by atoms with Crippen LogP contribution in [0, 0.1) is 0 Å². The standard InChI is InChI=1S/C16H17N5O4S/c22-13(10-3-4-14-12(6-10)17-15(23)8-25-14)9-26-16-18-19-20-21(16)7-11-2-1-5-24-11/h3-4,6,11H,1-2,5,7-9H2,(H,17,23). The Labute approximate surface area is 153 Å². The number of aromatic nitrogens is 4. The molecule has 2 aliphatic heterocycles. The smallest absolute Gasteiger partial charge is 0.262 e. The van der Waals surface area contributed by atoms with Crippen molar-refractivity contribution in [3.05, 3.63) is 23.8 Å². The number of nitrogens with zero attached hydrogens (tertiary/aromatic N) is 4. The number of Topliss-reactive ketones (excluding diaryl/α,β-unsaturated/α-hetero) is 1. The molecule has 0 bridgehead atoms. The van der Waals surface area contributed by atoms with Gasteiger partial charge in [0, 0.05) is 12.2 Å². The van der Waals surface area contributed by atoms with E-state index in [2.05, 4.69) is 20.8 Å². The molecular formula is C16H17N5O4S. The third-order valence-corrected chi connectivity index (χ3v) is 5.12. The van der Waals surface area contributed by atoms with E-state index in [1.165, 1.54) is 11.8 Å². The Morgan fingerprint density at radius 1 is 1.42 bits per heavy atom. The van der Waals surface area contributed by atoms with Gasteiger partial charge in [-0.3, -0.25) is 9.59 Å². The quantitative estimate of drug-likeness (QED) is 0.592. The number of benzene rings is 1. The summed E-state index contributed by atoms with van der Waals surface area (Å²) in [5, 5.41) is 14.9. The number of anilines is 1. The molecule has 0 radical (unpaired) electrons. The van der Waals surface area contributed by atoms with Gasteiger partial charge in [0.25, 0.3) is 5.91 Å². The highest BCUT2D eigenvalue weighted by molar-refractivity contribution is 7.99. The maximum Gasteiger partial charge on any atom is 0.262 e. The molecule has 0 aliphatic carbocycles. The molecule has 1 aromatic carbocycles. The highest BCUT2D eigenvalue weighted by Crippen LogP contribution is 2.29. The summed E-state index contributed by atoms with van der Waals surface area (Å²) < 4.78 is 12.6. The van der Waals surface area contributed by atoms with E-state index >= 15 is 0 Å². The maximum absolute atomic E-state index is 12.5. The van der Waals surface area contributed by atoms with Crippen LogP contribution in [0.15, 0.2) is 23.4 Å². The van der Waals surface area contributed by atoms with Crippen molar-refractivity contribution in [1.82, 2.24) is 20.2 Å². The minimum absolute atomic E-state index is 0.0104.